The minimum Gasteiger partial charge on any atom is -0.508 e. The summed E-state index contributed by atoms with van der Waals surface area (Å²) in [7, 11) is 0. The second-order valence-electron chi connectivity index (χ2n) is 5.94. The minimum atomic E-state index is 0.0476. The van der Waals surface area contributed by atoms with Crippen LogP contribution in [0.4, 0.5) is 0 Å². The smallest absolute Gasteiger partial charge is 0.115 e. The van der Waals surface area contributed by atoms with Gasteiger partial charge >= 0.3 is 0 Å². The van der Waals surface area contributed by atoms with Gasteiger partial charge in [-0.2, -0.15) is 0 Å². The molecule has 3 rings (SSSR count). The van der Waals surface area contributed by atoms with Crippen molar-refractivity contribution in [1.82, 2.24) is 0 Å². The third-order valence-electron chi connectivity index (χ3n) is 4.56. The molecule has 2 aliphatic rings. The summed E-state index contributed by atoms with van der Waals surface area (Å²) >= 11 is 0. The SMILES string of the molecule is NC1(CC2CCCC2)CC1c1ccc(O)cc1. The van der Waals surface area contributed by atoms with Gasteiger partial charge < -0.3 is 10.8 Å². The molecule has 2 nitrogen and oxygen atoms in total. The highest BCUT2D eigenvalue weighted by atomic mass is 16.3. The fourth-order valence-corrected chi connectivity index (χ4v) is 3.46. The zero-order chi connectivity index (χ0) is 11.9. The monoisotopic (exact) mass is 231 g/mol. The molecular formula is C15H21NO. The van der Waals surface area contributed by atoms with E-state index in [1.54, 1.807) is 12.1 Å². The summed E-state index contributed by atoms with van der Waals surface area (Å²) < 4.78 is 0. The normalized spacial score (nSPS) is 32.9. The van der Waals surface area contributed by atoms with Gasteiger partial charge in [0.2, 0.25) is 0 Å². The van der Waals surface area contributed by atoms with Crippen LogP contribution in [0.1, 0.15) is 50.0 Å². The van der Waals surface area contributed by atoms with E-state index in [2.05, 4.69) is 0 Å². The number of hydrogen-bond donors (Lipinski definition) is 2. The Hall–Kier alpha value is -1.02. The molecule has 1 aromatic rings. The van der Waals surface area contributed by atoms with Crippen LogP contribution < -0.4 is 5.73 Å². The second kappa shape index (κ2) is 4.02. The minimum absolute atomic E-state index is 0.0476. The molecule has 0 saturated heterocycles. The summed E-state index contributed by atoms with van der Waals surface area (Å²) in [5.41, 5.74) is 7.82. The van der Waals surface area contributed by atoms with Crippen LogP contribution in [0.15, 0.2) is 24.3 Å². The summed E-state index contributed by atoms with van der Waals surface area (Å²) in [5, 5.41) is 9.29. The second-order valence-corrected chi connectivity index (χ2v) is 5.94. The molecule has 0 aliphatic heterocycles. The number of aromatic hydroxyl groups is 1. The van der Waals surface area contributed by atoms with Gasteiger partial charge in [0.15, 0.2) is 0 Å². The summed E-state index contributed by atoms with van der Waals surface area (Å²) in [6.07, 6.45) is 7.85. The van der Waals surface area contributed by atoms with Crippen LogP contribution in [0.5, 0.6) is 5.75 Å². The standard InChI is InChI=1S/C15H21NO/c16-15(9-11-3-1-2-4-11)10-14(15)12-5-7-13(17)8-6-12/h5-8,11,14,17H,1-4,9-10,16H2. The van der Waals surface area contributed by atoms with E-state index in [-0.39, 0.29) is 5.54 Å². The molecule has 1 aromatic carbocycles. The highest BCUT2D eigenvalue weighted by molar-refractivity contribution is 5.36. The van der Waals surface area contributed by atoms with Crippen LogP contribution in [-0.2, 0) is 0 Å². The molecule has 92 valence electrons. The average Bonchev–Trinajstić information content (AvgIpc) is 2.74. The number of phenols is 1. The van der Waals surface area contributed by atoms with E-state index in [0.717, 1.165) is 12.3 Å². The summed E-state index contributed by atoms with van der Waals surface area (Å²) in [6, 6.07) is 7.57. The molecule has 2 aliphatic carbocycles. The van der Waals surface area contributed by atoms with E-state index in [1.807, 2.05) is 12.1 Å². The largest absolute Gasteiger partial charge is 0.508 e. The summed E-state index contributed by atoms with van der Waals surface area (Å²) in [5.74, 6) is 1.72. The molecular weight excluding hydrogens is 210 g/mol. The maximum Gasteiger partial charge on any atom is 0.115 e. The van der Waals surface area contributed by atoms with Crippen LogP contribution in [0.25, 0.3) is 0 Å². The van der Waals surface area contributed by atoms with E-state index in [1.165, 1.54) is 37.7 Å². The van der Waals surface area contributed by atoms with Crippen molar-refractivity contribution < 1.29 is 5.11 Å². The van der Waals surface area contributed by atoms with Crippen molar-refractivity contribution in [2.75, 3.05) is 0 Å². The first kappa shape index (κ1) is 11.1. The Morgan fingerprint density at radius 1 is 1.18 bits per heavy atom. The van der Waals surface area contributed by atoms with Crippen molar-refractivity contribution in [2.45, 2.75) is 50.0 Å². The third kappa shape index (κ3) is 2.19. The Balaban J connectivity index is 1.65. The van der Waals surface area contributed by atoms with Gasteiger partial charge in [0.25, 0.3) is 0 Å². The number of phenolic OH excluding ortho intramolecular Hbond substituents is 1. The zero-order valence-electron chi connectivity index (χ0n) is 10.2. The molecule has 0 aromatic heterocycles. The van der Waals surface area contributed by atoms with E-state index < -0.39 is 0 Å². The Bertz CT molecular complexity index is 394. The number of hydrogen-bond acceptors (Lipinski definition) is 2. The third-order valence-corrected chi connectivity index (χ3v) is 4.56. The van der Waals surface area contributed by atoms with Crippen LogP contribution in [-0.4, -0.2) is 10.6 Å². The molecule has 0 spiro atoms. The first-order valence-electron chi connectivity index (χ1n) is 6.75. The van der Waals surface area contributed by atoms with Crippen LogP contribution >= 0.6 is 0 Å². The fourth-order valence-electron chi connectivity index (χ4n) is 3.46. The predicted molar refractivity (Wildman–Crippen MR) is 69.0 cm³/mol. The van der Waals surface area contributed by atoms with Crippen LogP contribution in [0.2, 0.25) is 0 Å². The van der Waals surface area contributed by atoms with Crippen molar-refractivity contribution in [1.29, 1.82) is 0 Å². The molecule has 2 fully saturated rings. The predicted octanol–water partition coefficient (Wildman–Crippen LogP) is 3.16. The number of nitrogens with two attached hydrogens (primary N) is 1. The molecule has 0 amide bonds. The quantitative estimate of drug-likeness (QED) is 0.839. The molecule has 17 heavy (non-hydrogen) atoms. The number of benzene rings is 1. The van der Waals surface area contributed by atoms with E-state index >= 15 is 0 Å². The van der Waals surface area contributed by atoms with Gasteiger partial charge in [-0.25, -0.2) is 0 Å². The molecule has 0 radical (unpaired) electrons. The van der Waals surface area contributed by atoms with Gasteiger partial charge in [0, 0.05) is 11.5 Å². The highest BCUT2D eigenvalue weighted by Crippen LogP contribution is 2.54. The van der Waals surface area contributed by atoms with Crippen LogP contribution in [0, 0.1) is 5.92 Å². The van der Waals surface area contributed by atoms with Gasteiger partial charge in [-0.15, -0.1) is 0 Å². The Labute approximate surface area is 103 Å². The lowest BCUT2D eigenvalue weighted by Crippen LogP contribution is -2.27. The highest BCUT2D eigenvalue weighted by Gasteiger charge is 2.52. The molecule has 2 heteroatoms. The summed E-state index contributed by atoms with van der Waals surface area (Å²) in [4.78, 5) is 0. The van der Waals surface area contributed by atoms with Crippen LogP contribution in [0.3, 0.4) is 0 Å². The van der Waals surface area contributed by atoms with Crippen molar-refractivity contribution in [3.8, 4) is 5.75 Å². The summed E-state index contributed by atoms with van der Waals surface area (Å²) in [6.45, 7) is 0. The zero-order valence-corrected chi connectivity index (χ0v) is 10.2. The molecule has 0 heterocycles. The van der Waals surface area contributed by atoms with Gasteiger partial charge in [-0.05, 0) is 36.5 Å². The molecule has 2 unspecified atom stereocenters. The fraction of sp³-hybridized carbons (Fsp3) is 0.600. The first-order valence-corrected chi connectivity index (χ1v) is 6.75. The Morgan fingerprint density at radius 2 is 1.82 bits per heavy atom. The Kier molecular flexibility index (Phi) is 2.62. The van der Waals surface area contributed by atoms with Crippen molar-refractivity contribution in [3.63, 3.8) is 0 Å². The maximum atomic E-state index is 9.29. The van der Waals surface area contributed by atoms with E-state index in [0.29, 0.717) is 11.7 Å². The molecule has 0 bridgehead atoms. The lowest BCUT2D eigenvalue weighted by molar-refractivity contribution is 0.424. The molecule has 2 saturated carbocycles. The first-order chi connectivity index (χ1) is 8.17. The van der Waals surface area contributed by atoms with Gasteiger partial charge in [-0.1, -0.05) is 37.8 Å². The van der Waals surface area contributed by atoms with E-state index in [9.17, 15) is 5.11 Å². The van der Waals surface area contributed by atoms with Crippen molar-refractivity contribution >= 4 is 0 Å². The van der Waals surface area contributed by atoms with Gasteiger partial charge in [-0.3, -0.25) is 0 Å². The van der Waals surface area contributed by atoms with Crippen molar-refractivity contribution in [2.24, 2.45) is 11.7 Å². The maximum absolute atomic E-state index is 9.29. The van der Waals surface area contributed by atoms with Crippen molar-refractivity contribution in [3.05, 3.63) is 29.8 Å². The Morgan fingerprint density at radius 3 is 2.47 bits per heavy atom. The van der Waals surface area contributed by atoms with E-state index in [4.69, 9.17) is 5.73 Å². The van der Waals surface area contributed by atoms with Gasteiger partial charge in [0.1, 0.15) is 5.75 Å². The average molecular weight is 231 g/mol. The lowest BCUT2D eigenvalue weighted by Gasteiger charge is -2.16. The number of rotatable bonds is 3. The lowest BCUT2D eigenvalue weighted by atomic mass is 9.94. The molecule has 3 N–H and O–H groups in total. The van der Waals surface area contributed by atoms with Gasteiger partial charge in [0.05, 0.1) is 0 Å². The topological polar surface area (TPSA) is 46.2 Å². The molecule has 2 atom stereocenters.